The summed E-state index contributed by atoms with van der Waals surface area (Å²) in [6, 6.07) is 6.02. The Morgan fingerprint density at radius 2 is 2.14 bits per heavy atom. The number of hydrogen-bond acceptors (Lipinski definition) is 2. The van der Waals surface area contributed by atoms with E-state index in [2.05, 4.69) is 37.1 Å². The fourth-order valence-corrected chi connectivity index (χ4v) is 1.55. The molecule has 0 fully saturated rings. The summed E-state index contributed by atoms with van der Waals surface area (Å²) in [7, 11) is 0. The molecule has 2 nitrogen and oxygen atoms in total. The standard InChI is InChI=1S/C12H20N2/c1-4-8-12(2,3)14-10-11-7-5-6-9-13-11/h5-7,9,14H,4,8,10H2,1-3H3. The average Bonchev–Trinajstić information content (AvgIpc) is 2.17. The molecule has 1 heterocycles. The fourth-order valence-electron chi connectivity index (χ4n) is 1.55. The maximum absolute atomic E-state index is 4.28. The molecule has 0 aliphatic carbocycles. The molecule has 0 radical (unpaired) electrons. The predicted molar refractivity (Wildman–Crippen MR) is 60.1 cm³/mol. The highest BCUT2D eigenvalue weighted by atomic mass is 15.0. The Kier molecular flexibility index (Phi) is 4.08. The van der Waals surface area contributed by atoms with E-state index in [-0.39, 0.29) is 5.54 Å². The molecule has 1 rings (SSSR count). The first kappa shape index (κ1) is 11.2. The molecule has 1 N–H and O–H groups in total. The summed E-state index contributed by atoms with van der Waals surface area (Å²) in [6.45, 7) is 7.54. The Balaban J connectivity index is 2.40. The van der Waals surface area contributed by atoms with E-state index >= 15 is 0 Å². The molecule has 0 unspecified atom stereocenters. The first-order chi connectivity index (χ1) is 6.64. The molecule has 14 heavy (non-hydrogen) atoms. The van der Waals surface area contributed by atoms with Crippen molar-refractivity contribution >= 4 is 0 Å². The third-order valence-corrected chi connectivity index (χ3v) is 2.35. The lowest BCUT2D eigenvalue weighted by atomic mass is 9.99. The largest absolute Gasteiger partial charge is 0.306 e. The minimum absolute atomic E-state index is 0.215. The van der Waals surface area contributed by atoms with Crippen LogP contribution in [0.15, 0.2) is 24.4 Å². The average molecular weight is 192 g/mol. The number of pyridine rings is 1. The third-order valence-electron chi connectivity index (χ3n) is 2.35. The Morgan fingerprint density at radius 3 is 2.71 bits per heavy atom. The number of hydrogen-bond donors (Lipinski definition) is 1. The number of rotatable bonds is 5. The van der Waals surface area contributed by atoms with Gasteiger partial charge in [0, 0.05) is 18.3 Å². The van der Waals surface area contributed by atoms with Crippen LogP contribution in [0.4, 0.5) is 0 Å². The SMILES string of the molecule is CCCC(C)(C)NCc1ccccn1. The molecular formula is C12H20N2. The van der Waals surface area contributed by atoms with Crippen molar-refractivity contribution < 1.29 is 0 Å². The van der Waals surface area contributed by atoms with Crippen LogP contribution in [0.3, 0.4) is 0 Å². The van der Waals surface area contributed by atoms with Gasteiger partial charge in [0.05, 0.1) is 5.69 Å². The maximum Gasteiger partial charge on any atom is 0.0541 e. The first-order valence-electron chi connectivity index (χ1n) is 5.29. The van der Waals surface area contributed by atoms with Gasteiger partial charge in [-0.15, -0.1) is 0 Å². The van der Waals surface area contributed by atoms with Gasteiger partial charge in [0.15, 0.2) is 0 Å². The Bertz CT molecular complexity index is 254. The second-order valence-electron chi connectivity index (χ2n) is 4.31. The molecular weight excluding hydrogens is 172 g/mol. The molecule has 0 saturated heterocycles. The van der Waals surface area contributed by atoms with Crippen LogP contribution in [0.2, 0.25) is 0 Å². The van der Waals surface area contributed by atoms with E-state index < -0.39 is 0 Å². The Morgan fingerprint density at radius 1 is 1.36 bits per heavy atom. The first-order valence-corrected chi connectivity index (χ1v) is 5.29. The van der Waals surface area contributed by atoms with Gasteiger partial charge in [-0.1, -0.05) is 19.4 Å². The summed E-state index contributed by atoms with van der Waals surface area (Å²) < 4.78 is 0. The summed E-state index contributed by atoms with van der Waals surface area (Å²) in [5.74, 6) is 0. The second-order valence-corrected chi connectivity index (χ2v) is 4.31. The van der Waals surface area contributed by atoms with Crippen LogP contribution >= 0.6 is 0 Å². The topological polar surface area (TPSA) is 24.9 Å². The summed E-state index contributed by atoms with van der Waals surface area (Å²) in [6.07, 6.45) is 4.24. The molecule has 0 spiro atoms. The molecule has 1 aromatic heterocycles. The highest BCUT2D eigenvalue weighted by Gasteiger charge is 2.14. The molecule has 0 amide bonds. The van der Waals surface area contributed by atoms with E-state index in [1.165, 1.54) is 12.8 Å². The summed E-state index contributed by atoms with van der Waals surface area (Å²) in [5.41, 5.74) is 1.32. The van der Waals surface area contributed by atoms with Crippen molar-refractivity contribution in [1.82, 2.24) is 10.3 Å². The van der Waals surface area contributed by atoms with Gasteiger partial charge in [-0.05, 0) is 32.4 Å². The Hall–Kier alpha value is -0.890. The smallest absolute Gasteiger partial charge is 0.0541 e. The van der Waals surface area contributed by atoms with Gasteiger partial charge in [0.2, 0.25) is 0 Å². The lowest BCUT2D eigenvalue weighted by molar-refractivity contribution is 0.355. The lowest BCUT2D eigenvalue weighted by Gasteiger charge is -2.25. The number of aromatic nitrogens is 1. The maximum atomic E-state index is 4.28. The second kappa shape index (κ2) is 5.11. The normalized spacial score (nSPS) is 11.6. The number of nitrogens with one attached hydrogen (secondary N) is 1. The Labute approximate surface area is 86.8 Å². The molecule has 2 heteroatoms. The van der Waals surface area contributed by atoms with Gasteiger partial charge in [0.25, 0.3) is 0 Å². The van der Waals surface area contributed by atoms with Crippen LogP contribution in [0.1, 0.15) is 39.3 Å². The van der Waals surface area contributed by atoms with Crippen molar-refractivity contribution in [2.45, 2.75) is 45.7 Å². The van der Waals surface area contributed by atoms with Crippen LogP contribution in [-0.4, -0.2) is 10.5 Å². The van der Waals surface area contributed by atoms with E-state index in [1.54, 1.807) is 0 Å². The molecule has 0 saturated carbocycles. The van der Waals surface area contributed by atoms with Crippen LogP contribution in [0, 0.1) is 0 Å². The molecule has 0 aliphatic rings. The molecule has 78 valence electrons. The molecule has 0 atom stereocenters. The van der Waals surface area contributed by atoms with Crippen LogP contribution in [0.5, 0.6) is 0 Å². The highest BCUT2D eigenvalue weighted by molar-refractivity contribution is 5.03. The zero-order valence-electron chi connectivity index (χ0n) is 9.38. The van der Waals surface area contributed by atoms with E-state index in [4.69, 9.17) is 0 Å². The van der Waals surface area contributed by atoms with Gasteiger partial charge in [-0.2, -0.15) is 0 Å². The van der Waals surface area contributed by atoms with E-state index in [9.17, 15) is 0 Å². The lowest BCUT2D eigenvalue weighted by Crippen LogP contribution is -2.38. The van der Waals surface area contributed by atoms with Gasteiger partial charge in [0.1, 0.15) is 0 Å². The van der Waals surface area contributed by atoms with Gasteiger partial charge >= 0.3 is 0 Å². The quantitative estimate of drug-likeness (QED) is 0.776. The van der Waals surface area contributed by atoms with Crippen LogP contribution in [-0.2, 0) is 6.54 Å². The minimum atomic E-state index is 0.215. The third kappa shape index (κ3) is 3.88. The monoisotopic (exact) mass is 192 g/mol. The van der Waals surface area contributed by atoms with E-state index in [1.807, 2.05) is 18.3 Å². The number of nitrogens with zero attached hydrogens (tertiary/aromatic N) is 1. The van der Waals surface area contributed by atoms with Crippen molar-refractivity contribution in [3.8, 4) is 0 Å². The molecule has 0 aromatic carbocycles. The summed E-state index contributed by atoms with van der Waals surface area (Å²) in [4.78, 5) is 4.28. The van der Waals surface area contributed by atoms with Gasteiger partial charge < -0.3 is 5.32 Å². The zero-order chi connectivity index (χ0) is 10.4. The molecule has 0 bridgehead atoms. The van der Waals surface area contributed by atoms with Gasteiger partial charge in [-0.25, -0.2) is 0 Å². The summed E-state index contributed by atoms with van der Waals surface area (Å²) >= 11 is 0. The van der Waals surface area contributed by atoms with Crippen molar-refractivity contribution in [3.63, 3.8) is 0 Å². The van der Waals surface area contributed by atoms with Crippen molar-refractivity contribution in [2.75, 3.05) is 0 Å². The zero-order valence-corrected chi connectivity index (χ0v) is 9.38. The van der Waals surface area contributed by atoms with Gasteiger partial charge in [-0.3, -0.25) is 4.98 Å². The molecule has 0 aliphatic heterocycles. The summed E-state index contributed by atoms with van der Waals surface area (Å²) in [5, 5.41) is 3.51. The van der Waals surface area contributed by atoms with Crippen LogP contribution < -0.4 is 5.32 Å². The van der Waals surface area contributed by atoms with Crippen LogP contribution in [0.25, 0.3) is 0 Å². The van der Waals surface area contributed by atoms with Crippen molar-refractivity contribution in [3.05, 3.63) is 30.1 Å². The highest BCUT2D eigenvalue weighted by Crippen LogP contribution is 2.11. The fraction of sp³-hybridized carbons (Fsp3) is 0.583. The predicted octanol–water partition coefficient (Wildman–Crippen LogP) is 2.75. The van der Waals surface area contributed by atoms with Crippen molar-refractivity contribution in [1.29, 1.82) is 0 Å². The van der Waals surface area contributed by atoms with Crippen molar-refractivity contribution in [2.24, 2.45) is 0 Å². The molecule has 1 aromatic rings. The minimum Gasteiger partial charge on any atom is -0.306 e. The van der Waals surface area contributed by atoms with E-state index in [0.717, 1.165) is 12.2 Å². The van der Waals surface area contributed by atoms with E-state index in [0.29, 0.717) is 0 Å².